The Hall–Kier alpha value is -1.91. The molecule has 0 saturated carbocycles. The summed E-state index contributed by atoms with van der Waals surface area (Å²) in [6, 6.07) is 12.2. The lowest BCUT2D eigenvalue weighted by molar-refractivity contribution is -0.139. The van der Waals surface area contributed by atoms with Gasteiger partial charge in [-0.2, -0.15) is 0 Å². The second kappa shape index (κ2) is 6.50. The third kappa shape index (κ3) is 3.56. The Morgan fingerprint density at radius 3 is 2.55 bits per heavy atom. The highest BCUT2D eigenvalue weighted by Gasteiger charge is 2.22. The normalized spacial score (nSPS) is 12.1. The molecular formula is C15H13ClFNO2. The lowest BCUT2D eigenvalue weighted by Gasteiger charge is -2.15. The maximum Gasteiger partial charge on any atom is 0.325 e. The maximum atomic E-state index is 13.8. The summed E-state index contributed by atoms with van der Waals surface area (Å²) in [6.07, 6.45) is 0. The molecule has 2 rings (SSSR count). The Morgan fingerprint density at radius 2 is 1.95 bits per heavy atom. The van der Waals surface area contributed by atoms with E-state index < -0.39 is 17.8 Å². The minimum Gasteiger partial charge on any atom is -0.480 e. The molecule has 0 heterocycles. The number of carbonyl (C=O) groups is 1. The van der Waals surface area contributed by atoms with Gasteiger partial charge in [0.1, 0.15) is 11.9 Å². The molecule has 1 unspecified atom stereocenters. The summed E-state index contributed by atoms with van der Waals surface area (Å²) < 4.78 is 13.8. The molecule has 0 fully saturated rings. The fourth-order valence-corrected chi connectivity index (χ4v) is 2.04. The highest BCUT2D eigenvalue weighted by molar-refractivity contribution is 6.30. The van der Waals surface area contributed by atoms with Crippen LogP contribution >= 0.6 is 11.6 Å². The van der Waals surface area contributed by atoms with E-state index >= 15 is 0 Å². The van der Waals surface area contributed by atoms with E-state index in [2.05, 4.69) is 5.32 Å². The number of hydrogen-bond acceptors (Lipinski definition) is 2. The number of halogens is 2. The van der Waals surface area contributed by atoms with Crippen LogP contribution < -0.4 is 5.32 Å². The molecule has 0 bridgehead atoms. The molecule has 0 aliphatic carbocycles. The van der Waals surface area contributed by atoms with Crippen molar-refractivity contribution in [3.05, 3.63) is 70.5 Å². The zero-order valence-corrected chi connectivity index (χ0v) is 11.3. The number of carboxylic acid groups (broad SMARTS) is 1. The van der Waals surface area contributed by atoms with Crippen LogP contribution in [0, 0.1) is 5.82 Å². The molecule has 0 aliphatic rings. The van der Waals surface area contributed by atoms with E-state index in [4.69, 9.17) is 11.6 Å². The smallest absolute Gasteiger partial charge is 0.325 e. The van der Waals surface area contributed by atoms with Crippen molar-refractivity contribution in [2.24, 2.45) is 0 Å². The number of benzene rings is 2. The second-order valence-corrected chi connectivity index (χ2v) is 4.74. The van der Waals surface area contributed by atoms with Crippen LogP contribution in [0.3, 0.4) is 0 Å². The molecule has 20 heavy (non-hydrogen) atoms. The summed E-state index contributed by atoms with van der Waals surface area (Å²) in [6.45, 7) is 0.333. The van der Waals surface area contributed by atoms with Crippen molar-refractivity contribution >= 4 is 17.6 Å². The van der Waals surface area contributed by atoms with Gasteiger partial charge in [-0.3, -0.25) is 10.1 Å². The minimum atomic E-state index is -1.14. The third-order valence-electron chi connectivity index (χ3n) is 2.87. The fraction of sp³-hybridized carbons (Fsp3) is 0.133. The Labute approximate surface area is 121 Å². The molecule has 2 aromatic carbocycles. The molecule has 5 heteroatoms. The first-order valence-electron chi connectivity index (χ1n) is 6.03. The van der Waals surface area contributed by atoms with Gasteiger partial charge >= 0.3 is 5.97 Å². The zero-order valence-electron chi connectivity index (χ0n) is 10.5. The summed E-state index contributed by atoms with van der Waals surface area (Å²) in [5.74, 6) is -1.77. The highest BCUT2D eigenvalue weighted by atomic mass is 35.5. The van der Waals surface area contributed by atoms with Gasteiger partial charge in [0.15, 0.2) is 0 Å². The summed E-state index contributed by atoms with van der Waals surface area (Å²) in [5, 5.41) is 12.3. The van der Waals surface area contributed by atoms with E-state index in [0.29, 0.717) is 6.54 Å². The van der Waals surface area contributed by atoms with Gasteiger partial charge in [-0.1, -0.05) is 48.0 Å². The highest BCUT2D eigenvalue weighted by Crippen LogP contribution is 2.21. The largest absolute Gasteiger partial charge is 0.480 e. The number of rotatable bonds is 5. The van der Waals surface area contributed by atoms with E-state index in [-0.39, 0.29) is 10.6 Å². The van der Waals surface area contributed by atoms with Gasteiger partial charge in [-0.25, -0.2) is 4.39 Å². The summed E-state index contributed by atoms with van der Waals surface area (Å²) in [7, 11) is 0. The Morgan fingerprint density at radius 1 is 1.25 bits per heavy atom. The molecule has 0 aliphatic heterocycles. The second-order valence-electron chi connectivity index (χ2n) is 4.30. The van der Waals surface area contributed by atoms with E-state index in [1.165, 1.54) is 12.1 Å². The molecule has 0 saturated heterocycles. The summed E-state index contributed by atoms with van der Waals surface area (Å²) in [4.78, 5) is 11.3. The first-order chi connectivity index (χ1) is 9.58. The van der Waals surface area contributed by atoms with Crippen molar-refractivity contribution in [2.75, 3.05) is 0 Å². The molecule has 2 aromatic rings. The third-order valence-corrected chi connectivity index (χ3v) is 3.11. The van der Waals surface area contributed by atoms with Gasteiger partial charge in [0.2, 0.25) is 0 Å². The van der Waals surface area contributed by atoms with E-state index in [0.717, 1.165) is 11.6 Å². The van der Waals surface area contributed by atoms with Crippen LogP contribution in [0.25, 0.3) is 0 Å². The van der Waals surface area contributed by atoms with E-state index in [1.54, 1.807) is 0 Å². The predicted molar refractivity (Wildman–Crippen MR) is 75.1 cm³/mol. The minimum absolute atomic E-state index is 0.0674. The van der Waals surface area contributed by atoms with Crippen molar-refractivity contribution < 1.29 is 14.3 Å². The van der Waals surface area contributed by atoms with E-state index in [9.17, 15) is 14.3 Å². The predicted octanol–water partition coefficient (Wildman–Crippen LogP) is 3.39. The zero-order chi connectivity index (χ0) is 14.5. The van der Waals surface area contributed by atoms with Gasteiger partial charge in [0.25, 0.3) is 0 Å². The van der Waals surface area contributed by atoms with Crippen LogP contribution in [0.2, 0.25) is 5.02 Å². The topological polar surface area (TPSA) is 49.3 Å². The van der Waals surface area contributed by atoms with Crippen LogP contribution in [-0.4, -0.2) is 11.1 Å². The average molecular weight is 294 g/mol. The van der Waals surface area contributed by atoms with Crippen molar-refractivity contribution in [3.63, 3.8) is 0 Å². The van der Waals surface area contributed by atoms with Crippen molar-refractivity contribution in [3.8, 4) is 0 Å². The number of aliphatic carboxylic acids is 1. The Kier molecular flexibility index (Phi) is 4.71. The molecule has 104 valence electrons. The van der Waals surface area contributed by atoms with E-state index in [1.807, 2.05) is 30.3 Å². The van der Waals surface area contributed by atoms with Gasteiger partial charge in [0.05, 0.1) is 0 Å². The van der Waals surface area contributed by atoms with Crippen molar-refractivity contribution in [1.82, 2.24) is 5.32 Å². The SMILES string of the molecule is O=C(O)C(NCc1ccccc1)c1ccc(Cl)cc1F. The van der Waals surface area contributed by atoms with Gasteiger partial charge in [-0.15, -0.1) is 0 Å². The first-order valence-corrected chi connectivity index (χ1v) is 6.41. The van der Waals surface area contributed by atoms with Crippen molar-refractivity contribution in [1.29, 1.82) is 0 Å². The monoisotopic (exact) mass is 293 g/mol. The molecule has 0 radical (unpaired) electrons. The summed E-state index contributed by atoms with van der Waals surface area (Å²) in [5.41, 5.74) is 0.992. The first kappa shape index (κ1) is 14.5. The average Bonchev–Trinajstić information content (AvgIpc) is 2.42. The van der Waals surface area contributed by atoms with Crippen LogP contribution in [-0.2, 0) is 11.3 Å². The Bertz CT molecular complexity index is 604. The number of hydrogen-bond donors (Lipinski definition) is 2. The molecule has 3 nitrogen and oxygen atoms in total. The Balaban J connectivity index is 2.17. The molecule has 2 N–H and O–H groups in total. The maximum absolute atomic E-state index is 13.8. The van der Waals surface area contributed by atoms with Gasteiger partial charge < -0.3 is 5.11 Å². The summed E-state index contributed by atoms with van der Waals surface area (Å²) >= 11 is 5.67. The number of carboxylic acids is 1. The number of nitrogens with one attached hydrogen (secondary N) is 1. The van der Waals surface area contributed by atoms with Gasteiger partial charge in [-0.05, 0) is 17.7 Å². The van der Waals surface area contributed by atoms with Crippen LogP contribution in [0.15, 0.2) is 48.5 Å². The molecule has 1 atom stereocenters. The lowest BCUT2D eigenvalue weighted by atomic mass is 10.1. The molecule has 0 amide bonds. The molecule has 0 aromatic heterocycles. The molecular weight excluding hydrogens is 281 g/mol. The van der Waals surface area contributed by atoms with Crippen LogP contribution in [0.4, 0.5) is 4.39 Å². The molecule has 0 spiro atoms. The van der Waals surface area contributed by atoms with Crippen molar-refractivity contribution in [2.45, 2.75) is 12.6 Å². The van der Waals surface area contributed by atoms with Crippen LogP contribution in [0.1, 0.15) is 17.2 Å². The standard InChI is InChI=1S/C15H13ClFNO2/c16-11-6-7-12(13(17)8-11)14(15(19)20)18-9-10-4-2-1-3-5-10/h1-8,14,18H,9H2,(H,19,20). The van der Waals surface area contributed by atoms with Gasteiger partial charge in [0, 0.05) is 17.1 Å². The lowest BCUT2D eigenvalue weighted by Crippen LogP contribution is -2.28. The quantitative estimate of drug-likeness (QED) is 0.888. The van der Waals surface area contributed by atoms with Crippen LogP contribution in [0.5, 0.6) is 0 Å². The fourth-order valence-electron chi connectivity index (χ4n) is 1.88.